The van der Waals surface area contributed by atoms with Gasteiger partial charge < -0.3 is 10.1 Å². The van der Waals surface area contributed by atoms with Crippen molar-refractivity contribution in [3.8, 4) is 6.07 Å². The van der Waals surface area contributed by atoms with Crippen LogP contribution >= 0.6 is 0 Å². The minimum atomic E-state index is -0.755. The van der Waals surface area contributed by atoms with Gasteiger partial charge in [-0.25, -0.2) is 9.59 Å². The van der Waals surface area contributed by atoms with Gasteiger partial charge in [-0.2, -0.15) is 5.26 Å². The van der Waals surface area contributed by atoms with Crippen molar-refractivity contribution in [2.24, 2.45) is 0 Å². The predicted molar refractivity (Wildman–Crippen MR) is 94.5 cm³/mol. The number of imide groups is 1. The Morgan fingerprint density at radius 2 is 1.77 bits per heavy atom. The van der Waals surface area contributed by atoms with Gasteiger partial charge in [-0.05, 0) is 49.7 Å². The van der Waals surface area contributed by atoms with Crippen molar-refractivity contribution >= 4 is 23.6 Å². The van der Waals surface area contributed by atoms with E-state index in [9.17, 15) is 14.4 Å². The summed E-state index contributed by atoms with van der Waals surface area (Å²) in [6.07, 6.45) is 0. The van der Waals surface area contributed by atoms with E-state index < -0.39 is 24.5 Å². The lowest BCUT2D eigenvalue weighted by Crippen LogP contribution is -2.37. The summed E-state index contributed by atoms with van der Waals surface area (Å²) in [5.41, 5.74) is 3.11. The number of benzene rings is 2. The molecule has 0 bridgehead atoms. The molecular weight excluding hydrogens is 334 g/mol. The number of anilines is 1. The van der Waals surface area contributed by atoms with Crippen molar-refractivity contribution < 1.29 is 19.1 Å². The molecule has 2 N–H and O–H groups in total. The third-order valence-electron chi connectivity index (χ3n) is 3.47. The Balaban J connectivity index is 1.83. The van der Waals surface area contributed by atoms with Crippen molar-refractivity contribution in [1.29, 1.82) is 5.26 Å². The summed E-state index contributed by atoms with van der Waals surface area (Å²) in [7, 11) is 0. The van der Waals surface area contributed by atoms with E-state index in [4.69, 9.17) is 10.00 Å². The molecule has 7 heteroatoms. The minimum absolute atomic E-state index is 0.205. The molecule has 26 heavy (non-hydrogen) atoms. The third kappa shape index (κ3) is 5.18. The molecule has 3 amide bonds. The Kier molecular flexibility index (Phi) is 6.06. The maximum absolute atomic E-state index is 11.8. The Hall–Kier alpha value is -3.66. The Morgan fingerprint density at radius 3 is 2.38 bits per heavy atom. The van der Waals surface area contributed by atoms with Gasteiger partial charge in [0.05, 0.1) is 17.2 Å². The van der Waals surface area contributed by atoms with Crippen LogP contribution in [-0.4, -0.2) is 24.5 Å². The van der Waals surface area contributed by atoms with Gasteiger partial charge >= 0.3 is 12.0 Å². The first-order valence-corrected chi connectivity index (χ1v) is 7.74. The fourth-order valence-electron chi connectivity index (χ4n) is 2.17. The minimum Gasteiger partial charge on any atom is -0.452 e. The van der Waals surface area contributed by atoms with Gasteiger partial charge in [-0.15, -0.1) is 0 Å². The zero-order chi connectivity index (χ0) is 19.1. The Morgan fingerprint density at radius 1 is 1.08 bits per heavy atom. The highest BCUT2D eigenvalue weighted by Gasteiger charge is 2.13. The molecule has 0 atom stereocenters. The van der Waals surface area contributed by atoms with E-state index in [0.717, 1.165) is 11.1 Å². The first kappa shape index (κ1) is 18.7. The molecule has 0 spiro atoms. The summed E-state index contributed by atoms with van der Waals surface area (Å²) in [6.45, 7) is 3.17. The molecule has 2 aromatic carbocycles. The van der Waals surface area contributed by atoms with Crippen LogP contribution in [0.2, 0.25) is 0 Å². The van der Waals surface area contributed by atoms with Crippen LogP contribution in [0.5, 0.6) is 0 Å². The number of ether oxygens (including phenoxy) is 1. The summed E-state index contributed by atoms with van der Waals surface area (Å²) in [4.78, 5) is 35.4. The summed E-state index contributed by atoms with van der Waals surface area (Å²) >= 11 is 0. The van der Waals surface area contributed by atoms with Gasteiger partial charge in [-0.3, -0.25) is 10.1 Å². The maximum Gasteiger partial charge on any atom is 0.338 e. The van der Waals surface area contributed by atoms with E-state index in [1.165, 1.54) is 24.3 Å². The van der Waals surface area contributed by atoms with Crippen molar-refractivity contribution in [2.45, 2.75) is 13.8 Å². The average Bonchev–Trinajstić information content (AvgIpc) is 2.62. The fraction of sp³-hybridized carbons (Fsp3) is 0.158. The first-order chi connectivity index (χ1) is 12.4. The molecule has 0 aliphatic carbocycles. The van der Waals surface area contributed by atoms with E-state index in [0.29, 0.717) is 11.3 Å². The molecule has 0 radical (unpaired) electrons. The number of urea groups is 1. The number of aryl methyl sites for hydroxylation is 2. The van der Waals surface area contributed by atoms with Crippen LogP contribution in [0, 0.1) is 25.2 Å². The Bertz CT molecular complexity index is 883. The second-order valence-corrected chi connectivity index (χ2v) is 5.59. The van der Waals surface area contributed by atoms with Gasteiger partial charge in [0.2, 0.25) is 0 Å². The van der Waals surface area contributed by atoms with Crippen molar-refractivity contribution in [1.82, 2.24) is 5.32 Å². The predicted octanol–water partition coefficient (Wildman–Crippen LogP) is 2.68. The van der Waals surface area contributed by atoms with E-state index in [1.54, 1.807) is 6.07 Å². The van der Waals surface area contributed by atoms with Gasteiger partial charge in [0, 0.05) is 5.69 Å². The van der Waals surface area contributed by atoms with Crippen LogP contribution in [0.15, 0.2) is 42.5 Å². The largest absolute Gasteiger partial charge is 0.452 e. The molecule has 0 heterocycles. The van der Waals surface area contributed by atoms with Crippen LogP contribution in [-0.2, 0) is 9.53 Å². The van der Waals surface area contributed by atoms with E-state index in [-0.39, 0.29) is 5.56 Å². The standard InChI is InChI=1S/C19H17N3O4/c1-12-3-8-16(13(2)9-12)21-19(25)22-17(23)11-26-18(24)15-6-4-14(10-20)5-7-15/h3-9H,11H2,1-2H3,(H2,21,22,23,25). The lowest BCUT2D eigenvalue weighted by Gasteiger charge is -2.10. The summed E-state index contributed by atoms with van der Waals surface area (Å²) in [5.74, 6) is -1.48. The second-order valence-electron chi connectivity index (χ2n) is 5.59. The number of nitrogens with zero attached hydrogens (tertiary/aromatic N) is 1. The number of amides is 3. The van der Waals surface area contributed by atoms with Gasteiger partial charge in [0.1, 0.15) is 0 Å². The number of rotatable bonds is 4. The number of esters is 1. The zero-order valence-electron chi connectivity index (χ0n) is 14.3. The fourth-order valence-corrected chi connectivity index (χ4v) is 2.17. The lowest BCUT2D eigenvalue weighted by atomic mass is 10.1. The monoisotopic (exact) mass is 351 g/mol. The highest BCUT2D eigenvalue weighted by Crippen LogP contribution is 2.15. The summed E-state index contributed by atoms with van der Waals surface area (Å²) in [6, 6.07) is 12.5. The molecule has 0 saturated heterocycles. The third-order valence-corrected chi connectivity index (χ3v) is 3.47. The second kappa shape index (κ2) is 8.44. The van der Waals surface area contributed by atoms with Crippen molar-refractivity contribution in [2.75, 3.05) is 11.9 Å². The molecule has 0 fully saturated rings. The van der Waals surface area contributed by atoms with Crippen molar-refractivity contribution in [3.63, 3.8) is 0 Å². The highest BCUT2D eigenvalue weighted by atomic mass is 16.5. The molecule has 0 unspecified atom stereocenters. The molecule has 2 rings (SSSR count). The number of hydrogen-bond donors (Lipinski definition) is 2. The van der Waals surface area contributed by atoms with Crippen LogP contribution in [0.4, 0.5) is 10.5 Å². The number of hydrogen-bond acceptors (Lipinski definition) is 5. The average molecular weight is 351 g/mol. The van der Waals surface area contributed by atoms with Crippen molar-refractivity contribution in [3.05, 3.63) is 64.7 Å². The zero-order valence-corrected chi connectivity index (χ0v) is 14.3. The summed E-state index contributed by atoms with van der Waals surface area (Å²) < 4.78 is 4.84. The molecular formula is C19H17N3O4. The number of nitriles is 1. The molecule has 0 aliphatic rings. The Labute approximate surface area is 150 Å². The molecule has 0 aromatic heterocycles. The van der Waals surface area contributed by atoms with Crippen LogP contribution in [0.25, 0.3) is 0 Å². The van der Waals surface area contributed by atoms with E-state index in [1.807, 2.05) is 32.0 Å². The summed E-state index contributed by atoms with van der Waals surface area (Å²) in [5, 5.41) is 13.4. The molecule has 2 aromatic rings. The SMILES string of the molecule is Cc1ccc(NC(=O)NC(=O)COC(=O)c2ccc(C#N)cc2)c(C)c1. The van der Waals surface area contributed by atoms with Crippen LogP contribution in [0.1, 0.15) is 27.0 Å². The van der Waals surface area contributed by atoms with Crippen LogP contribution in [0.3, 0.4) is 0 Å². The first-order valence-electron chi connectivity index (χ1n) is 7.74. The number of carbonyl (C=O) groups is 3. The van der Waals surface area contributed by atoms with Crippen LogP contribution < -0.4 is 10.6 Å². The van der Waals surface area contributed by atoms with Gasteiger partial charge in [0.15, 0.2) is 6.61 Å². The van der Waals surface area contributed by atoms with E-state index >= 15 is 0 Å². The number of nitrogens with one attached hydrogen (secondary N) is 2. The van der Waals surface area contributed by atoms with E-state index in [2.05, 4.69) is 10.6 Å². The maximum atomic E-state index is 11.8. The van der Waals surface area contributed by atoms with Gasteiger partial charge in [-0.1, -0.05) is 17.7 Å². The number of carbonyl (C=O) groups excluding carboxylic acids is 3. The lowest BCUT2D eigenvalue weighted by molar-refractivity contribution is -0.123. The molecule has 7 nitrogen and oxygen atoms in total. The quantitative estimate of drug-likeness (QED) is 0.823. The van der Waals surface area contributed by atoms with Gasteiger partial charge in [0.25, 0.3) is 5.91 Å². The molecule has 0 aliphatic heterocycles. The smallest absolute Gasteiger partial charge is 0.338 e. The normalized spacial score (nSPS) is 9.73. The molecule has 132 valence electrons. The highest BCUT2D eigenvalue weighted by molar-refractivity contribution is 6.02. The topological polar surface area (TPSA) is 108 Å². The molecule has 0 saturated carbocycles.